The molecule has 4 nitrogen and oxygen atoms in total. The number of benzene rings is 2. The van der Waals surface area contributed by atoms with Crippen molar-refractivity contribution >= 4 is 17.1 Å². The zero-order valence-corrected chi connectivity index (χ0v) is 15.6. The van der Waals surface area contributed by atoms with Crippen molar-refractivity contribution in [2.45, 2.75) is 40.8 Å². The van der Waals surface area contributed by atoms with Crippen LogP contribution in [0.5, 0.6) is 0 Å². The Morgan fingerprint density at radius 3 is 1.96 bits per heavy atom. The topological polar surface area (TPSA) is 54.1 Å². The van der Waals surface area contributed by atoms with E-state index >= 15 is 0 Å². The molecule has 126 valence electrons. The molecule has 0 radical (unpaired) electrons. The van der Waals surface area contributed by atoms with Crippen LogP contribution in [0.2, 0.25) is 0 Å². The Hall–Kier alpha value is -2.98. The van der Waals surface area contributed by atoms with Gasteiger partial charge in [-0.1, -0.05) is 6.07 Å². The molecular weight excluding hydrogens is 308 g/mol. The average molecular weight is 330 g/mol. The highest BCUT2D eigenvalue weighted by Crippen LogP contribution is 2.49. The lowest BCUT2D eigenvalue weighted by Gasteiger charge is -2.31. The number of aryl methyl sites for hydroxylation is 2. The fraction of sp³-hybridized carbons (Fsp3) is 0.333. The first-order valence-electron chi connectivity index (χ1n) is 8.40. The predicted octanol–water partition coefficient (Wildman–Crippen LogP) is 4.60. The van der Waals surface area contributed by atoms with Crippen LogP contribution in [0, 0.1) is 50.4 Å². The van der Waals surface area contributed by atoms with E-state index in [4.69, 9.17) is 0 Å². The first kappa shape index (κ1) is 16.9. The van der Waals surface area contributed by atoms with Crippen LogP contribution in [0.4, 0.5) is 17.1 Å². The Bertz CT molecular complexity index is 960. The number of rotatable bonds is 1. The molecular formula is C21H22N4. The molecule has 1 heterocycles. The van der Waals surface area contributed by atoms with Crippen LogP contribution in [0.15, 0.2) is 18.2 Å². The molecule has 2 aromatic rings. The molecule has 0 aromatic heterocycles. The summed E-state index contributed by atoms with van der Waals surface area (Å²) in [6.07, 6.45) is 0.0242. The molecule has 4 heteroatoms. The van der Waals surface area contributed by atoms with Gasteiger partial charge in [0.05, 0.1) is 22.5 Å². The van der Waals surface area contributed by atoms with Gasteiger partial charge in [-0.2, -0.15) is 10.5 Å². The molecule has 1 atom stereocenters. The Morgan fingerprint density at radius 2 is 1.40 bits per heavy atom. The Balaban J connectivity index is 2.39. The first-order chi connectivity index (χ1) is 11.8. The first-order valence-corrected chi connectivity index (χ1v) is 8.40. The van der Waals surface area contributed by atoms with E-state index < -0.39 is 0 Å². The summed E-state index contributed by atoms with van der Waals surface area (Å²) in [5.41, 5.74) is 8.94. The summed E-state index contributed by atoms with van der Waals surface area (Å²) >= 11 is 0. The van der Waals surface area contributed by atoms with E-state index in [1.54, 1.807) is 12.1 Å². The maximum atomic E-state index is 9.66. The second kappa shape index (κ2) is 5.83. The van der Waals surface area contributed by atoms with Crippen LogP contribution >= 0.6 is 0 Å². The van der Waals surface area contributed by atoms with Crippen LogP contribution in [0.25, 0.3) is 0 Å². The molecule has 0 fully saturated rings. The SMILES string of the molecule is Cc1cc(C)c(N2c3c(C#N)ccc(C#N)c3N(C)[C@@H]2C)c(C)c1C. The van der Waals surface area contributed by atoms with Crippen molar-refractivity contribution in [2.75, 3.05) is 16.8 Å². The van der Waals surface area contributed by atoms with Crippen LogP contribution in [-0.2, 0) is 0 Å². The van der Waals surface area contributed by atoms with E-state index in [-0.39, 0.29) is 6.17 Å². The minimum atomic E-state index is 0.0242. The van der Waals surface area contributed by atoms with Crippen LogP contribution < -0.4 is 9.80 Å². The Morgan fingerprint density at radius 1 is 0.840 bits per heavy atom. The predicted molar refractivity (Wildman–Crippen MR) is 101 cm³/mol. The van der Waals surface area contributed by atoms with Crippen molar-refractivity contribution in [1.82, 2.24) is 0 Å². The van der Waals surface area contributed by atoms with Gasteiger partial charge in [-0.3, -0.25) is 0 Å². The lowest BCUT2D eigenvalue weighted by atomic mass is 9.96. The van der Waals surface area contributed by atoms with Crippen LogP contribution in [-0.4, -0.2) is 13.2 Å². The molecule has 0 saturated carbocycles. The van der Waals surface area contributed by atoms with Gasteiger partial charge in [-0.25, -0.2) is 0 Å². The molecule has 25 heavy (non-hydrogen) atoms. The molecule has 1 aliphatic heterocycles. The normalized spacial score (nSPS) is 15.8. The second-order valence-electron chi connectivity index (χ2n) is 6.80. The molecule has 3 rings (SSSR count). The number of nitriles is 2. The van der Waals surface area contributed by atoms with Gasteiger partial charge in [0.1, 0.15) is 18.3 Å². The van der Waals surface area contributed by atoms with Crippen molar-refractivity contribution in [3.8, 4) is 12.1 Å². The molecule has 0 aliphatic carbocycles. The monoisotopic (exact) mass is 330 g/mol. The van der Waals surface area contributed by atoms with Gasteiger partial charge in [-0.15, -0.1) is 0 Å². The quantitative estimate of drug-likeness (QED) is 0.767. The summed E-state index contributed by atoms with van der Waals surface area (Å²) in [5.74, 6) is 0. The average Bonchev–Trinajstić information content (AvgIpc) is 2.85. The number of fused-ring (bicyclic) bond motifs is 1. The van der Waals surface area contributed by atoms with Gasteiger partial charge in [-0.05, 0) is 69.0 Å². The lowest BCUT2D eigenvalue weighted by molar-refractivity contribution is 0.730. The third-order valence-corrected chi connectivity index (χ3v) is 5.48. The third-order valence-electron chi connectivity index (χ3n) is 5.48. The van der Waals surface area contributed by atoms with Crippen molar-refractivity contribution in [3.05, 3.63) is 51.6 Å². The molecule has 0 amide bonds. The van der Waals surface area contributed by atoms with E-state index in [2.05, 4.69) is 62.6 Å². The number of anilines is 3. The van der Waals surface area contributed by atoms with Crippen molar-refractivity contribution in [3.63, 3.8) is 0 Å². The smallest absolute Gasteiger partial charge is 0.103 e. The zero-order valence-electron chi connectivity index (χ0n) is 15.6. The van der Waals surface area contributed by atoms with Crippen LogP contribution in [0.3, 0.4) is 0 Å². The van der Waals surface area contributed by atoms with Gasteiger partial charge in [0.15, 0.2) is 0 Å². The minimum Gasteiger partial charge on any atom is -0.351 e. The van der Waals surface area contributed by atoms with E-state index in [1.165, 1.54) is 22.3 Å². The highest BCUT2D eigenvalue weighted by molar-refractivity contribution is 5.92. The van der Waals surface area contributed by atoms with Crippen molar-refractivity contribution < 1.29 is 0 Å². The van der Waals surface area contributed by atoms with Gasteiger partial charge in [0, 0.05) is 12.7 Å². The summed E-state index contributed by atoms with van der Waals surface area (Å²) < 4.78 is 0. The fourth-order valence-electron chi connectivity index (χ4n) is 3.85. The van der Waals surface area contributed by atoms with Gasteiger partial charge in [0.25, 0.3) is 0 Å². The Kier molecular flexibility index (Phi) is 3.93. The molecule has 0 unspecified atom stereocenters. The molecule has 2 aromatic carbocycles. The van der Waals surface area contributed by atoms with Crippen LogP contribution in [0.1, 0.15) is 40.3 Å². The van der Waals surface area contributed by atoms with Crippen molar-refractivity contribution in [2.24, 2.45) is 0 Å². The standard InChI is InChI=1S/C21H22N4/c1-12-9-13(2)19(15(4)14(12)3)25-16(5)24(6)20-17(10-22)7-8-18(11-23)21(20)25/h7-9,16H,1-6H3/t16-/m0/s1. The summed E-state index contributed by atoms with van der Waals surface area (Å²) in [5, 5.41) is 19.2. The summed E-state index contributed by atoms with van der Waals surface area (Å²) in [7, 11) is 1.98. The molecule has 0 spiro atoms. The molecule has 0 saturated heterocycles. The van der Waals surface area contributed by atoms with E-state index in [0.717, 1.165) is 17.1 Å². The van der Waals surface area contributed by atoms with E-state index in [0.29, 0.717) is 11.1 Å². The summed E-state index contributed by atoms with van der Waals surface area (Å²) in [6, 6.07) is 10.3. The van der Waals surface area contributed by atoms with Gasteiger partial charge < -0.3 is 9.80 Å². The molecule has 0 N–H and O–H groups in total. The number of hydrogen-bond donors (Lipinski definition) is 0. The Labute approximate surface area is 149 Å². The maximum absolute atomic E-state index is 9.66. The van der Waals surface area contributed by atoms with E-state index in [1.807, 2.05) is 7.05 Å². The number of hydrogen-bond acceptors (Lipinski definition) is 4. The maximum Gasteiger partial charge on any atom is 0.103 e. The minimum absolute atomic E-state index is 0.0242. The summed E-state index contributed by atoms with van der Waals surface area (Å²) in [4.78, 5) is 4.30. The fourth-order valence-corrected chi connectivity index (χ4v) is 3.85. The second-order valence-corrected chi connectivity index (χ2v) is 6.80. The van der Waals surface area contributed by atoms with Gasteiger partial charge in [0.2, 0.25) is 0 Å². The molecule has 0 bridgehead atoms. The highest BCUT2D eigenvalue weighted by atomic mass is 15.4. The van der Waals surface area contributed by atoms with E-state index in [9.17, 15) is 10.5 Å². The summed E-state index contributed by atoms with van der Waals surface area (Å²) in [6.45, 7) is 10.6. The van der Waals surface area contributed by atoms with Gasteiger partial charge >= 0.3 is 0 Å². The van der Waals surface area contributed by atoms with Crippen molar-refractivity contribution in [1.29, 1.82) is 10.5 Å². The molecule has 1 aliphatic rings. The third kappa shape index (κ3) is 2.26. The largest absolute Gasteiger partial charge is 0.351 e. The zero-order chi connectivity index (χ0) is 18.5. The number of nitrogens with zero attached hydrogens (tertiary/aromatic N) is 4. The highest BCUT2D eigenvalue weighted by Gasteiger charge is 2.37. The lowest BCUT2D eigenvalue weighted by Crippen LogP contribution is -2.36.